The van der Waals surface area contributed by atoms with Crippen molar-refractivity contribution in [3.8, 4) is 0 Å². The van der Waals surface area contributed by atoms with Crippen LogP contribution in [-0.4, -0.2) is 52.3 Å². The molecule has 11 heteroatoms. The molecule has 6 nitrogen and oxygen atoms in total. The standard InChI is InChI=1S/C17H20F2N4O.C8H7F3O/c18-17(19)9-14-12-8-11(15(24)22-6-2-1-3-7-22)4-5-13(12)21-16(20)23(14)10-17;9-8(10,11)7-3-1-2-6(4-7)5-12/h4-5,8,14H,1-3,6-7,9-10H2,(H2,20,21);1-4,12H,5H2. The molecule has 5 rings (SSSR count). The summed E-state index contributed by atoms with van der Waals surface area (Å²) in [5.74, 6) is -2.70. The van der Waals surface area contributed by atoms with E-state index >= 15 is 0 Å². The van der Waals surface area contributed by atoms with Gasteiger partial charge in [0.25, 0.3) is 11.8 Å². The molecular formula is C25H27F5N4O2. The van der Waals surface area contributed by atoms with E-state index in [9.17, 15) is 26.7 Å². The number of hydrogen-bond donors (Lipinski definition) is 2. The Hall–Kier alpha value is -3.21. The molecule has 3 N–H and O–H groups in total. The second-order valence-corrected chi connectivity index (χ2v) is 9.16. The first-order chi connectivity index (χ1) is 17.0. The molecule has 0 saturated carbocycles. The van der Waals surface area contributed by atoms with E-state index in [-0.39, 0.29) is 30.5 Å². The lowest BCUT2D eigenvalue weighted by Crippen LogP contribution is -2.40. The van der Waals surface area contributed by atoms with Crippen LogP contribution in [0, 0.1) is 0 Å². The molecule has 2 fully saturated rings. The quantitative estimate of drug-likeness (QED) is 0.566. The highest BCUT2D eigenvalue weighted by atomic mass is 19.4. The van der Waals surface area contributed by atoms with Crippen molar-refractivity contribution in [2.45, 2.75) is 50.4 Å². The minimum Gasteiger partial charge on any atom is -0.392 e. The van der Waals surface area contributed by atoms with Gasteiger partial charge in [-0.15, -0.1) is 0 Å². The summed E-state index contributed by atoms with van der Waals surface area (Å²) in [6.07, 6.45) is -1.45. The van der Waals surface area contributed by atoms with Crippen molar-refractivity contribution in [1.82, 2.24) is 9.80 Å². The third-order valence-electron chi connectivity index (χ3n) is 6.51. The summed E-state index contributed by atoms with van der Waals surface area (Å²) >= 11 is 0. The van der Waals surface area contributed by atoms with Crippen molar-refractivity contribution in [1.29, 1.82) is 0 Å². The number of carbonyl (C=O) groups excluding carboxylic acids is 1. The maximum atomic E-state index is 13.8. The van der Waals surface area contributed by atoms with Crippen LogP contribution in [0.15, 0.2) is 47.5 Å². The summed E-state index contributed by atoms with van der Waals surface area (Å²) in [5, 5.41) is 8.56. The fraction of sp³-hybridized carbons (Fsp3) is 0.440. The lowest BCUT2D eigenvalue weighted by molar-refractivity contribution is -0.137. The number of benzene rings is 2. The fourth-order valence-electron chi connectivity index (χ4n) is 4.71. The van der Waals surface area contributed by atoms with Gasteiger partial charge in [0.2, 0.25) is 0 Å². The van der Waals surface area contributed by atoms with Crippen molar-refractivity contribution in [2.75, 3.05) is 19.6 Å². The third-order valence-corrected chi connectivity index (χ3v) is 6.51. The maximum absolute atomic E-state index is 13.8. The van der Waals surface area contributed by atoms with Crippen LogP contribution in [0.4, 0.5) is 27.6 Å². The molecule has 0 radical (unpaired) electrons. The topological polar surface area (TPSA) is 82.2 Å². The molecule has 1 unspecified atom stereocenters. The van der Waals surface area contributed by atoms with Gasteiger partial charge in [-0.25, -0.2) is 13.8 Å². The molecule has 0 bridgehead atoms. The Morgan fingerprint density at radius 2 is 1.83 bits per heavy atom. The Bertz CT molecular complexity index is 1150. The lowest BCUT2D eigenvalue weighted by atomic mass is 9.97. The van der Waals surface area contributed by atoms with Gasteiger partial charge in [0.15, 0.2) is 5.96 Å². The number of fused-ring (bicyclic) bond motifs is 3. The maximum Gasteiger partial charge on any atom is 0.416 e. The summed E-state index contributed by atoms with van der Waals surface area (Å²) in [6, 6.07) is 9.26. The number of aliphatic imine (C=N–C) groups is 1. The normalized spacial score (nSPS) is 20.6. The van der Waals surface area contributed by atoms with Crippen LogP contribution in [0.25, 0.3) is 0 Å². The van der Waals surface area contributed by atoms with E-state index in [0.717, 1.165) is 44.5 Å². The molecule has 0 aromatic heterocycles. The van der Waals surface area contributed by atoms with E-state index in [1.54, 1.807) is 18.2 Å². The number of nitrogens with two attached hydrogens (primary N) is 1. The summed E-state index contributed by atoms with van der Waals surface area (Å²) in [7, 11) is 0. The second-order valence-electron chi connectivity index (χ2n) is 9.16. The summed E-state index contributed by atoms with van der Waals surface area (Å²) in [5.41, 5.74) is 7.18. The van der Waals surface area contributed by atoms with Crippen LogP contribution >= 0.6 is 0 Å². The van der Waals surface area contributed by atoms with Crippen LogP contribution in [0.2, 0.25) is 0 Å². The number of piperidine rings is 1. The molecule has 2 aromatic carbocycles. The first kappa shape index (κ1) is 25.9. The number of alkyl halides is 5. The molecule has 36 heavy (non-hydrogen) atoms. The number of guanidine groups is 1. The molecule has 3 aliphatic heterocycles. The largest absolute Gasteiger partial charge is 0.416 e. The highest BCUT2D eigenvalue weighted by Gasteiger charge is 2.48. The van der Waals surface area contributed by atoms with E-state index in [4.69, 9.17) is 10.8 Å². The predicted octanol–water partition coefficient (Wildman–Crippen LogP) is 4.85. The number of hydrogen-bond acceptors (Lipinski definition) is 5. The predicted molar refractivity (Wildman–Crippen MR) is 124 cm³/mol. The van der Waals surface area contributed by atoms with Gasteiger partial charge in [-0.05, 0) is 55.2 Å². The Morgan fingerprint density at radius 3 is 2.50 bits per heavy atom. The van der Waals surface area contributed by atoms with E-state index in [0.29, 0.717) is 16.8 Å². The van der Waals surface area contributed by atoms with E-state index in [2.05, 4.69) is 4.99 Å². The van der Waals surface area contributed by atoms with Crippen LogP contribution in [0.3, 0.4) is 0 Å². The SMILES string of the molecule is NC1=Nc2ccc(C(=O)N3CCCCC3)cc2C2CC(F)(F)CN12.OCc1cccc(C(F)(F)F)c1. The van der Waals surface area contributed by atoms with E-state index in [1.807, 2.05) is 4.90 Å². The number of carbonyl (C=O) groups is 1. The van der Waals surface area contributed by atoms with Gasteiger partial charge in [-0.1, -0.05) is 12.1 Å². The molecule has 2 aromatic rings. The zero-order valence-corrected chi connectivity index (χ0v) is 19.4. The Morgan fingerprint density at radius 1 is 1.11 bits per heavy atom. The molecule has 3 heterocycles. The number of halogens is 5. The number of aliphatic hydroxyl groups is 1. The van der Waals surface area contributed by atoms with Crippen molar-refractivity contribution < 1.29 is 31.9 Å². The van der Waals surface area contributed by atoms with Crippen LogP contribution in [0.5, 0.6) is 0 Å². The number of rotatable bonds is 2. The monoisotopic (exact) mass is 510 g/mol. The Balaban J connectivity index is 0.000000214. The van der Waals surface area contributed by atoms with Gasteiger partial charge < -0.3 is 20.6 Å². The number of amides is 1. The van der Waals surface area contributed by atoms with Gasteiger partial charge >= 0.3 is 6.18 Å². The first-order valence-electron chi connectivity index (χ1n) is 11.7. The number of aliphatic hydroxyl groups excluding tert-OH is 1. The molecule has 0 aliphatic carbocycles. The second kappa shape index (κ2) is 10.0. The van der Waals surface area contributed by atoms with Gasteiger partial charge in [-0.2, -0.15) is 13.2 Å². The molecule has 194 valence electrons. The molecule has 1 amide bonds. The van der Waals surface area contributed by atoms with Crippen LogP contribution in [0.1, 0.15) is 58.8 Å². The average molecular weight is 511 g/mol. The number of nitrogens with zero attached hydrogens (tertiary/aromatic N) is 3. The van der Waals surface area contributed by atoms with Crippen molar-refractivity contribution in [2.24, 2.45) is 10.7 Å². The Labute approximate surface area is 205 Å². The van der Waals surface area contributed by atoms with Crippen LogP contribution < -0.4 is 5.73 Å². The zero-order valence-electron chi connectivity index (χ0n) is 19.4. The van der Waals surface area contributed by atoms with E-state index in [1.165, 1.54) is 17.0 Å². The highest BCUT2D eigenvalue weighted by molar-refractivity contribution is 5.95. The summed E-state index contributed by atoms with van der Waals surface area (Å²) < 4.78 is 63.7. The van der Waals surface area contributed by atoms with Crippen molar-refractivity contribution >= 4 is 17.6 Å². The minimum atomic E-state index is -4.33. The van der Waals surface area contributed by atoms with Gasteiger partial charge in [0.05, 0.1) is 30.4 Å². The van der Waals surface area contributed by atoms with Crippen molar-refractivity contribution in [3.05, 3.63) is 64.7 Å². The van der Waals surface area contributed by atoms with Gasteiger partial charge in [0.1, 0.15) is 0 Å². The smallest absolute Gasteiger partial charge is 0.392 e. The van der Waals surface area contributed by atoms with Crippen LogP contribution in [-0.2, 0) is 12.8 Å². The van der Waals surface area contributed by atoms with E-state index < -0.39 is 30.2 Å². The van der Waals surface area contributed by atoms with Crippen molar-refractivity contribution in [3.63, 3.8) is 0 Å². The van der Waals surface area contributed by atoms with Gasteiger partial charge in [-0.3, -0.25) is 4.79 Å². The summed E-state index contributed by atoms with van der Waals surface area (Å²) in [6.45, 7) is 0.726. The molecular weight excluding hydrogens is 483 g/mol. The minimum absolute atomic E-state index is 0.0312. The molecule has 2 saturated heterocycles. The average Bonchev–Trinajstić information content (AvgIpc) is 3.20. The summed E-state index contributed by atoms with van der Waals surface area (Å²) in [4.78, 5) is 20.2. The zero-order chi connectivity index (χ0) is 26.1. The lowest BCUT2D eigenvalue weighted by Gasteiger charge is -2.31. The Kier molecular flexibility index (Phi) is 7.21. The fourth-order valence-corrected chi connectivity index (χ4v) is 4.71. The molecule has 1 atom stereocenters. The van der Waals surface area contributed by atoms with Gasteiger partial charge in [0, 0.05) is 30.6 Å². The number of likely N-dealkylation sites (tertiary alicyclic amines) is 1. The third kappa shape index (κ3) is 5.61. The molecule has 3 aliphatic rings. The first-order valence-corrected chi connectivity index (χ1v) is 11.7. The highest BCUT2D eigenvalue weighted by Crippen LogP contribution is 2.46. The molecule has 0 spiro atoms.